The highest BCUT2D eigenvalue weighted by molar-refractivity contribution is 7.51. The quantitative estimate of drug-likeness (QED) is 0.232. The molecule has 2 aromatic carbocycles. The smallest absolute Gasteiger partial charge is 0.325 e. The summed E-state index contributed by atoms with van der Waals surface area (Å²) in [6.45, 7) is 1.75. The molecule has 3 rings (SSSR count). The Bertz CT molecular complexity index is 1030. The minimum atomic E-state index is -3.93. The van der Waals surface area contributed by atoms with Crippen molar-refractivity contribution in [1.82, 2.24) is 5.32 Å². The second-order valence-corrected chi connectivity index (χ2v) is 9.59. The van der Waals surface area contributed by atoms with E-state index in [9.17, 15) is 4.57 Å². The number of unbranched alkanes of at least 4 members (excludes halogenated alkanes) is 2. The summed E-state index contributed by atoms with van der Waals surface area (Å²) in [5.41, 5.74) is 3.06. The molecule has 1 aromatic heterocycles. The molecule has 0 aliphatic carbocycles. The Labute approximate surface area is 188 Å². The zero-order valence-electron chi connectivity index (χ0n) is 18.5. The van der Waals surface area contributed by atoms with Crippen molar-refractivity contribution in [3.05, 3.63) is 59.9 Å². The van der Waals surface area contributed by atoms with E-state index in [1.807, 2.05) is 30.3 Å². The number of nitrogens with one attached hydrogen (secondary N) is 1. The third kappa shape index (κ3) is 7.68. The lowest BCUT2D eigenvalue weighted by Crippen LogP contribution is -2.16. The molecule has 3 N–H and O–H groups in total. The van der Waals surface area contributed by atoms with Crippen LogP contribution in [-0.4, -0.2) is 36.2 Å². The number of methoxy groups -OCH3 is 1. The number of fused-ring (bicyclic) bond motifs is 1. The Morgan fingerprint density at radius 1 is 1.06 bits per heavy atom. The number of hydrogen-bond donors (Lipinski definition) is 3. The fourth-order valence-electron chi connectivity index (χ4n) is 3.61. The third-order valence-corrected chi connectivity index (χ3v) is 6.18. The van der Waals surface area contributed by atoms with Crippen LogP contribution in [0.2, 0.25) is 0 Å². The lowest BCUT2D eigenvalue weighted by Gasteiger charge is -2.10. The lowest BCUT2D eigenvalue weighted by molar-refractivity contribution is 0.308. The maximum atomic E-state index is 10.9. The molecule has 32 heavy (non-hydrogen) atoms. The number of ether oxygens (including phenoxy) is 2. The van der Waals surface area contributed by atoms with Crippen LogP contribution in [0.25, 0.3) is 11.0 Å². The maximum absolute atomic E-state index is 10.9. The first kappa shape index (κ1) is 24.3. The molecule has 0 atom stereocenters. The summed E-state index contributed by atoms with van der Waals surface area (Å²) >= 11 is 0. The van der Waals surface area contributed by atoms with Gasteiger partial charge in [0.05, 0.1) is 31.5 Å². The van der Waals surface area contributed by atoms with Crippen molar-refractivity contribution >= 4 is 18.6 Å². The first-order valence-electron chi connectivity index (χ1n) is 11.0. The summed E-state index contributed by atoms with van der Waals surface area (Å²) in [6, 6.07) is 14.0. The van der Waals surface area contributed by atoms with Crippen LogP contribution >= 0.6 is 7.60 Å². The molecule has 174 valence electrons. The van der Waals surface area contributed by atoms with Crippen molar-refractivity contribution in [2.75, 3.05) is 26.4 Å². The van der Waals surface area contributed by atoms with Crippen LogP contribution in [0.4, 0.5) is 0 Å². The fourth-order valence-corrected chi connectivity index (χ4v) is 4.18. The van der Waals surface area contributed by atoms with E-state index in [-0.39, 0.29) is 6.16 Å². The second-order valence-electron chi connectivity index (χ2n) is 7.82. The Morgan fingerprint density at radius 3 is 2.75 bits per heavy atom. The highest BCUT2D eigenvalue weighted by atomic mass is 31.2. The predicted octanol–water partition coefficient (Wildman–Crippen LogP) is 4.89. The first-order valence-corrected chi connectivity index (χ1v) is 12.8. The Kier molecular flexibility index (Phi) is 9.18. The fraction of sp³-hybridized carbons (Fsp3) is 0.417. The average molecular weight is 461 g/mol. The van der Waals surface area contributed by atoms with Crippen LogP contribution < -0.4 is 14.8 Å². The van der Waals surface area contributed by atoms with Crippen LogP contribution in [0, 0.1) is 0 Å². The molecule has 0 saturated heterocycles. The van der Waals surface area contributed by atoms with Gasteiger partial charge in [-0.15, -0.1) is 0 Å². The molecule has 0 saturated carbocycles. The van der Waals surface area contributed by atoms with Gasteiger partial charge in [0, 0.05) is 12.1 Å². The van der Waals surface area contributed by atoms with E-state index >= 15 is 0 Å². The van der Waals surface area contributed by atoms with Gasteiger partial charge in [-0.1, -0.05) is 18.2 Å². The van der Waals surface area contributed by atoms with Gasteiger partial charge < -0.3 is 29.0 Å². The van der Waals surface area contributed by atoms with Gasteiger partial charge in [0.2, 0.25) is 0 Å². The number of aryl methyl sites for hydroxylation is 1. The molecule has 0 unspecified atom stereocenters. The Hall–Kier alpha value is -2.31. The summed E-state index contributed by atoms with van der Waals surface area (Å²) < 4.78 is 27.9. The molecule has 1 heterocycles. The van der Waals surface area contributed by atoms with Gasteiger partial charge in [0.15, 0.2) is 0 Å². The minimum absolute atomic E-state index is 0.109. The highest BCUT2D eigenvalue weighted by Crippen LogP contribution is 2.34. The summed E-state index contributed by atoms with van der Waals surface area (Å²) in [5, 5.41) is 4.15. The highest BCUT2D eigenvalue weighted by Gasteiger charge is 2.12. The van der Waals surface area contributed by atoms with Gasteiger partial charge in [0.1, 0.15) is 17.1 Å². The zero-order valence-corrected chi connectivity index (χ0v) is 19.4. The molecule has 0 aliphatic heterocycles. The van der Waals surface area contributed by atoms with E-state index in [4.69, 9.17) is 23.7 Å². The predicted molar refractivity (Wildman–Crippen MR) is 125 cm³/mol. The van der Waals surface area contributed by atoms with E-state index in [2.05, 4.69) is 17.4 Å². The molecule has 0 amide bonds. The molecule has 3 aromatic rings. The van der Waals surface area contributed by atoms with E-state index in [1.54, 1.807) is 13.4 Å². The largest absolute Gasteiger partial charge is 0.497 e. The second kappa shape index (κ2) is 12.1. The molecule has 0 bridgehead atoms. The van der Waals surface area contributed by atoms with Crippen LogP contribution in [-0.2, 0) is 17.5 Å². The SMILES string of the molecule is COc1cccc(CCCCCOc2ccc(CNCCCP(=O)(O)O)c3occc23)c1. The Morgan fingerprint density at radius 2 is 1.94 bits per heavy atom. The van der Waals surface area contributed by atoms with Gasteiger partial charge in [-0.05, 0) is 68.5 Å². The standard InChI is InChI=1S/C24H32NO6P/c1-29-21-9-5-8-19(17-21)7-3-2-4-14-30-23-11-10-20(24-22(23)12-15-31-24)18-25-13-6-16-32(26,27)28/h5,8-12,15,17,25H,2-4,6-7,13-14,16,18H2,1H3,(H2,26,27,28). The van der Waals surface area contributed by atoms with Gasteiger partial charge in [-0.3, -0.25) is 4.57 Å². The van der Waals surface area contributed by atoms with Crippen molar-refractivity contribution in [2.24, 2.45) is 0 Å². The lowest BCUT2D eigenvalue weighted by atomic mass is 10.1. The number of furan rings is 1. The molecular formula is C24H32NO6P. The Balaban J connectivity index is 1.41. The summed E-state index contributed by atoms with van der Waals surface area (Å²) in [5.74, 6) is 1.71. The number of hydrogen-bond acceptors (Lipinski definition) is 5. The molecule has 0 radical (unpaired) electrons. The van der Waals surface area contributed by atoms with Crippen molar-refractivity contribution in [2.45, 2.75) is 38.6 Å². The zero-order chi connectivity index (χ0) is 22.8. The molecule has 0 aliphatic rings. The van der Waals surface area contributed by atoms with Crippen molar-refractivity contribution in [1.29, 1.82) is 0 Å². The minimum Gasteiger partial charge on any atom is -0.497 e. The molecule has 0 spiro atoms. The monoisotopic (exact) mass is 461 g/mol. The van der Waals surface area contributed by atoms with E-state index < -0.39 is 7.60 Å². The third-order valence-electron chi connectivity index (χ3n) is 5.28. The number of benzene rings is 2. The van der Waals surface area contributed by atoms with E-state index in [0.29, 0.717) is 26.1 Å². The van der Waals surface area contributed by atoms with Crippen LogP contribution in [0.5, 0.6) is 11.5 Å². The summed E-state index contributed by atoms with van der Waals surface area (Å²) in [4.78, 5) is 17.8. The van der Waals surface area contributed by atoms with Crippen molar-refractivity contribution in [3.8, 4) is 11.5 Å². The first-order chi connectivity index (χ1) is 15.5. The van der Waals surface area contributed by atoms with Crippen molar-refractivity contribution < 1.29 is 28.2 Å². The van der Waals surface area contributed by atoms with Gasteiger partial charge in [-0.2, -0.15) is 0 Å². The van der Waals surface area contributed by atoms with E-state index in [1.165, 1.54) is 5.56 Å². The molecule has 0 fully saturated rings. The van der Waals surface area contributed by atoms with Gasteiger partial charge in [-0.25, -0.2) is 0 Å². The van der Waals surface area contributed by atoms with Crippen molar-refractivity contribution in [3.63, 3.8) is 0 Å². The average Bonchev–Trinajstić information content (AvgIpc) is 3.26. The van der Waals surface area contributed by atoms with E-state index in [0.717, 1.165) is 53.7 Å². The van der Waals surface area contributed by atoms with Crippen LogP contribution in [0.1, 0.15) is 36.8 Å². The topological polar surface area (TPSA) is 101 Å². The summed E-state index contributed by atoms with van der Waals surface area (Å²) in [6.07, 6.45) is 6.16. The maximum Gasteiger partial charge on any atom is 0.325 e. The molecule has 8 heteroatoms. The molecule has 7 nitrogen and oxygen atoms in total. The normalized spacial score (nSPS) is 11.7. The summed E-state index contributed by atoms with van der Waals surface area (Å²) in [7, 11) is -2.24. The molecular weight excluding hydrogens is 429 g/mol. The van der Waals surface area contributed by atoms with Gasteiger partial charge in [0.25, 0.3) is 0 Å². The number of rotatable bonds is 14. The van der Waals surface area contributed by atoms with Crippen LogP contribution in [0.15, 0.2) is 53.1 Å². The van der Waals surface area contributed by atoms with Gasteiger partial charge >= 0.3 is 7.60 Å². The van der Waals surface area contributed by atoms with Crippen LogP contribution in [0.3, 0.4) is 0 Å².